The minimum atomic E-state index is -3.67. The Labute approximate surface area is 118 Å². The van der Waals surface area contributed by atoms with Crippen molar-refractivity contribution >= 4 is 15.9 Å². The molecule has 112 valence electrons. The summed E-state index contributed by atoms with van der Waals surface area (Å²) in [5, 5.41) is 11.7. The van der Waals surface area contributed by atoms with E-state index < -0.39 is 10.0 Å². The Morgan fingerprint density at radius 2 is 2.25 bits per heavy atom. The monoisotopic (exact) mass is 301 g/mol. The summed E-state index contributed by atoms with van der Waals surface area (Å²) in [5.74, 6) is -0.339. The Balaban J connectivity index is 2.37. The van der Waals surface area contributed by atoms with Crippen LogP contribution in [0.25, 0.3) is 0 Å². The molecule has 2 N–H and O–H groups in total. The van der Waals surface area contributed by atoms with E-state index in [2.05, 4.69) is 5.32 Å². The second-order valence-corrected chi connectivity index (χ2v) is 6.74. The van der Waals surface area contributed by atoms with Crippen LogP contribution in [0, 0.1) is 0 Å². The molecule has 1 fully saturated rings. The van der Waals surface area contributed by atoms with Crippen molar-refractivity contribution in [3.63, 3.8) is 0 Å². The summed E-state index contributed by atoms with van der Waals surface area (Å²) >= 11 is 0. The van der Waals surface area contributed by atoms with Crippen molar-refractivity contribution in [2.24, 2.45) is 7.05 Å². The average Bonchev–Trinajstić information content (AvgIpc) is 3.04. The maximum Gasteiger partial charge on any atom is 0.267 e. The van der Waals surface area contributed by atoms with Crippen LogP contribution >= 0.6 is 0 Å². The molecule has 0 unspecified atom stereocenters. The van der Waals surface area contributed by atoms with Crippen LogP contribution in [0.5, 0.6) is 0 Å². The molecule has 2 rings (SSSR count). The molecule has 20 heavy (non-hydrogen) atoms. The summed E-state index contributed by atoms with van der Waals surface area (Å²) in [7, 11) is -0.557. The van der Waals surface area contributed by atoms with Gasteiger partial charge < -0.3 is 15.0 Å². The Hall–Kier alpha value is -1.38. The van der Waals surface area contributed by atoms with Crippen molar-refractivity contribution in [1.82, 2.24) is 14.2 Å². The molecule has 2 heterocycles. The highest BCUT2D eigenvalue weighted by molar-refractivity contribution is 7.89. The quantitative estimate of drug-likeness (QED) is 0.786. The number of aryl methyl sites for hydroxylation is 1. The first-order chi connectivity index (χ1) is 9.41. The van der Waals surface area contributed by atoms with Gasteiger partial charge in [-0.2, -0.15) is 4.31 Å². The Morgan fingerprint density at radius 1 is 1.55 bits per heavy atom. The first-order valence-corrected chi connectivity index (χ1v) is 7.87. The van der Waals surface area contributed by atoms with Crippen LogP contribution in [0.15, 0.2) is 17.2 Å². The van der Waals surface area contributed by atoms with Crippen molar-refractivity contribution in [3.05, 3.63) is 18.0 Å². The van der Waals surface area contributed by atoms with Crippen molar-refractivity contribution in [1.29, 1.82) is 0 Å². The predicted molar refractivity (Wildman–Crippen MR) is 72.8 cm³/mol. The van der Waals surface area contributed by atoms with Gasteiger partial charge in [0.2, 0.25) is 10.0 Å². The van der Waals surface area contributed by atoms with Crippen molar-refractivity contribution in [2.75, 3.05) is 20.2 Å². The van der Waals surface area contributed by atoms with E-state index in [4.69, 9.17) is 0 Å². The minimum Gasteiger partial charge on any atom is -0.395 e. The topological polar surface area (TPSA) is 91.6 Å². The van der Waals surface area contributed by atoms with Crippen LogP contribution in [0.4, 0.5) is 0 Å². The number of aliphatic hydroxyl groups excluding tert-OH is 1. The SMILES string of the molecule is CNC(=O)c1cc(S(=O)(=O)N2CCC[C@@H]2CO)cn1C. The molecular weight excluding hydrogens is 282 g/mol. The summed E-state index contributed by atoms with van der Waals surface area (Å²) in [5.41, 5.74) is 0.283. The highest BCUT2D eigenvalue weighted by Crippen LogP contribution is 2.26. The van der Waals surface area contributed by atoms with Gasteiger partial charge >= 0.3 is 0 Å². The van der Waals surface area contributed by atoms with Gasteiger partial charge in [-0.1, -0.05) is 0 Å². The summed E-state index contributed by atoms with van der Waals surface area (Å²) in [4.78, 5) is 11.7. The lowest BCUT2D eigenvalue weighted by atomic mass is 10.2. The average molecular weight is 301 g/mol. The summed E-state index contributed by atoms with van der Waals surface area (Å²) in [6.07, 6.45) is 2.82. The normalized spacial score (nSPS) is 20.2. The number of nitrogens with zero attached hydrogens (tertiary/aromatic N) is 2. The number of aromatic nitrogens is 1. The lowest BCUT2D eigenvalue weighted by Crippen LogP contribution is -2.37. The largest absolute Gasteiger partial charge is 0.395 e. The number of carbonyl (C=O) groups excluding carboxylic acids is 1. The first kappa shape index (κ1) is 15.0. The first-order valence-electron chi connectivity index (χ1n) is 6.43. The summed E-state index contributed by atoms with van der Waals surface area (Å²) < 4.78 is 27.9. The van der Waals surface area contributed by atoms with Gasteiger partial charge in [0, 0.05) is 32.9 Å². The maximum absolute atomic E-state index is 12.6. The van der Waals surface area contributed by atoms with Crippen LogP contribution in [0.1, 0.15) is 23.3 Å². The van der Waals surface area contributed by atoms with Gasteiger partial charge in [-0.3, -0.25) is 4.79 Å². The molecular formula is C12H19N3O4S. The molecule has 1 aromatic rings. The minimum absolute atomic E-state index is 0.0824. The van der Waals surface area contributed by atoms with Crippen LogP contribution in [-0.4, -0.2) is 54.5 Å². The van der Waals surface area contributed by atoms with Crippen LogP contribution in [0.2, 0.25) is 0 Å². The molecule has 0 radical (unpaired) electrons. The van der Waals surface area contributed by atoms with E-state index in [1.165, 1.54) is 28.2 Å². The lowest BCUT2D eigenvalue weighted by molar-refractivity contribution is 0.0955. The fourth-order valence-electron chi connectivity index (χ4n) is 2.47. The van der Waals surface area contributed by atoms with Crippen molar-refractivity contribution < 1.29 is 18.3 Å². The zero-order valence-electron chi connectivity index (χ0n) is 11.5. The number of hydrogen-bond donors (Lipinski definition) is 2. The van der Waals surface area contributed by atoms with Crippen molar-refractivity contribution in [2.45, 2.75) is 23.8 Å². The molecule has 1 aliphatic heterocycles. The van der Waals surface area contributed by atoms with Gasteiger partial charge in [-0.15, -0.1) is 0 Å². The fraction of sp³-hybridized carbons (Fsp3) is 0.583. The smallest absolute Gasteiger partial charge is 0.267 e. The number of amides is 1. The van der Waals surface area contributed by atoms with E-state index in [9.17, 15) is 18.3 Å². The third-order valence-corrected chi connectivity index (χ3v) is 5.50. The van der Waals surface area contributed by atoms with E-state index in [1.807, 2.05) is 0 Å². The third kappa shape index (κ3) is 2.46. The number of hydrogen-bond acceptors (Lipinski definition) is 4. The zero-order valence-corrected chi connectivity index (χ0v) is 12.4. The van der Waals surface area contributed by atoms with Crippen LogP contribution < -0.4 is 5.32 Å². The Kier molecular flexibility index (Phi) is 4.17. The number of sulfonamides is 1. The fourth-order valence-corrected chi connectivity index (χ4v) is 4.23. The molecule has 0 aromatic carbocycles. The summed E-state index contributed by atoms with van der Waals surface area (Å²) in [6, 6.07) is 0.990. The van der Waals surface area contributed by atoms with Crippen molar-refractivity contribution in [3.8, 4) is 0 Å². The molecule has 0 bridgehead atoms. The van der Waals surface area contributed by atoms with E-state index in [1.54, 1.807) is 7.05 Å². The lowest BCUT2D eigenvalue weighted by Gasteiger charge is -2.21. The van der Waals surface area contributed by atoms with Crippen LogP contribution in [-0.2, 0) is 17.1 Å². The molecule has 0 aliphatic carbocycles. The zero-order chi connectivity index (χ0) is 14.9. The maximum atomic E-state index is 12.6. The molecule has 1 amide bonds. The van der Waals surface area contributed by atoms with Gasteiger partial charge in [-0.25, -0.2) is 8.42 Å². The Morgan fingerprint density at radius 3 is 2.85 bits per heavy atom. The molecule has 7 nitrogen and oxygen atoms in total. The third-order valence-electron chi connectivity index (χ3n) is 3.58. The molecule has 1 atom stereocenters. The van der Waals surface area contributed by atoms with E-state index in [0.717, 1.165) is 6.42 Å². The summed E-state index contributed by atoms with van der Waals surface area (Å²) in [6.45, 7) is 0.214. The van der Waals surface area contributed by atoms with Gasteiger partial charge in [0.15, 0.2) is 0 Å². The molecule has 8 heteroatoms. The highest BCUT2D eigenvalue weighted by Gasteiger charge is 2.35. The molecule has 1 saturated heterocycles. The van der Waals surface area contributed by atoms with Gasteiger partial charge in [0.1, 0.15) is 10.6 Å². The number of aliphatic hydroxyl groups is 1. The predicted octanol–water partition coefficient (Wildman–Crippen LogP) is -0.470. The number of nitrogens with one attached hydrogen (secondary N) is 1. The highest BCUT2D eigenvalue weighted by atomic mass is 32.2. The van der Waals surface area contributed by atoms with Crippen LogP contribution in [0.3, 0.4) is 0 Å². The molecule has 1 aromatic heterocycles. The van der Waals surface area contributed by atoms with Gasteiger partial charge in [-0.05, 0) is 18.9 Å². The van der Waals surface area contributed by atoms with E-state index in [0.29, 0.717) is 13.0 Å². The number of carbonyl (C=O) groups is 1. The van der Waals surface area contributed by atoms with E-state index >= 15 is 0 Å². The number of rotatable bonds is 4. The molecule has 0 saturated carbocycles. The second kappa shape index (κ2) is 5.55. The van der Waals surface area contributed by atoms with Gasteiger partial charge in [0.25, 0.3) is 5.91 Å². The molecule has 0 spiro atoms. The Bertz CT molecular complexity index is 608. The standard InChI is InChI=1S/C12H19N3O4S/c1-13-12(17)11-6-10(7-14(11)2)20(18,19)15-5-3-4-9(15)8-16/h6-7,9,16H,3-5,8H2,1-2H3,(H,13,17)/t9-/m1/s1. The molecule has 1 aliphatic rings. The van der Waals surface area contributed by atoms with Gasteiger partial charge in [0.05, 0.1) is 6.61 Å². The van der Waals surface area contributed by atoms with E-state index in [-0.39, 0.29) is 29.1 Å². The second-order valence-electron chi connectivity index (χ2n) is 4.85.